The molecule has 1 amide bonds. The zero-order chi connectivity index (χ0) is 16.4. The van der Waals surface area contributed by atoms with E-state index in [0.717, 1.165) is 6.07 Å². The summed E-state index contributed by atoms with van der Waals surface area (Å²) in [6.07, 6.45) is -5.56. The molecule has 0 aromatic heterocycles. The third-order valence-corrected chi connectivity index (χ3v) is 4.69. The van der Waals surface area contributed by atoms with Crippen molar-refractivity contribution in [3.8, 4) is 0 Å². The second-order valence-corrected chi connectivity index (χ2v) is 7.56. The van der Waals surface area contributed by atoms with E-state index in [0.29, 0.717) is 10.0 Å². The number of carbonyl (C=O) groups excluding carboxylic acids is 1. The molecule has 0 spiro atoms. The van der Waals surface area contributed by atoms with Crippen molar-refractivity contribution in [1.82, 2.24) is 5.32 Å². The molecule has 0 bridgehead atoms. The number of nitrogens with one attached hydrogen (secondary N) is 1. The van der Waals surface area contributed by atoms with Gasteiger partial charge in [-0.05, 0) is 24.6 Å². The molecule has 0 radical (unpaired) electrons. The zero-order valence-corrected chi connectivity index (χ0v) is 13.8. The highest BCUT2D eigenvalue weighted by Crippen LogP contribution is 2.27. The number of hydrogen-bond donors (Lipinski definition) is 1. The molecule has 10 heteroatoms. The SMILES string of the molecule is Cc1c(Br)cc(S(=O)(=O)Cl)cc1C(=O)NCCC(F)(F)F. The molecule has 0 unspecified atom stereocenters. The molecule has 4 nitrogen and oxygen atoms in total. The molecule has 0 aliphatic rings. The summed E-state index contributed by atoms with van der Waals surface area (Å²) in [5.74, 6) is -0.806. The number of rotatable bonds is 4. The van der Waals surface area contributed by atoms with E-state index in [9.17, 15) is 26.4 Å². The lowest BCUT2D eigenvalue weighted by Gasteiger charge is -2.11. The molecule has 0 aliphatic heterocycles. The molecule has 0 fully saturated rings. The van der Waals surface area contributed by atoms with Crippen molar-refractivity contribution in [2.75, 3.05) is 6.54 Å². The smallest absolute Gasteiger partial charge is 0.352 e. The van der Waals surface area contributed by atoms with Crippen LogP contribution in [0.3, 0.4) is 0 Å². The van der Waals surface area contributed by atoms with Crippen LogP contribution < -0.4 is 5.32 Å². The third kappa shape index (κ3) is 5.48. The Hall–Kier alpha value is -0.800. The second kappa shape index (κ2) is 6.53. The zero-order valence-electron chi connectivity index (χ0n) is 10.6. The Morgan fingerprint density at radius 3 is 2.43 bits per heavy atom. The Morgan fingerprint density at radius 2 is 1.95 bits per heavy atom. The van der Waals surface area contributed by atoms with E-state index in [4.69, 9.17) is 10.7 Å². The maximum absolute atomic E-state index is 12.0. The highest BCUT2D eigenvalue weighted by Gasteiger charge is 2.27. The first-order valence-electron chi connectivity index (χ1n) is 5.51. The number of alkyl halides is 3. The molecule has 1 rings (SSSR count). The van der Waals surface area contributed by atoms with Gasteiger partial charge in [-0.25, -0.2) is 8.42 Å². The van der Waals surface area contributed by atoms with E-state index >= 15 is 0 Å². The lowest BCUT2D eigenvalue weighted by molar-refractivity contribution is -0.132. The maximum Gasteiger partial charge on any atom is 0.390 e. The molecule has 21 heavy (non-hydrogen) atoms. The fraction of sp³-hybridized carbons (Fsp3) is 0.364. The lowest BCUT2D eigenvalue weighted by Crippen LogP contribution is -2.28. The van der Waals surface area contributed by atoms with Crippen molar-refractivity contribution in [2.24, 2.45) is 0 Å². The van der Waals surface area contributed by atoms with Gasteiger partial charge in [-0.3, -0.25) is 4.79 Å². The van der Waals surface area contributed by atoms with Crippen LogP contribution in [0.4, 0.5) is 13.2 Å². The van der Waals surface area contributed by atoms with Gasteiger partial charge in [-0.2, -0.15) is 13.2 Å². The molecule has 0 heterocycles. The monoisotopic (exact) mass is 407 g/mol. The van der Waals surface area contributed by atoms with Gasteiger partial charge in [0.2, 0.25) is 0 Å². The first kappa shape index (κ1) is 18.2. The van der Waals surface area contributed by atoms with Crippen LogP contribution in [0.1, 0.15) is 22.3 Å². The number of carbonyl (C=O) groups is 1. The predicted molar refractivity (Wildman–Crippen MR) is 74.9 cm³/mol. The number of halogens is 5. The van der Waals surface area contributed by atoms with Gasteiger partial charge in [-0.1, -0.05) is 15.9 Å². The molecule has 1 aromatic carbocycles. The number of amides is 1. The van der Waals surface area contributed by atoms with Crippen LogP contribution in [0.25, 0.3) is 0 Å². The molecule has 0 atom stereocenters. The van der Waals surface area contributed by atoms with Gasteiger partial charge >= 0.3 is 6.18 Å². The summed E-state index contributed by atoms with van der Waals surface area (Å²) in [7, 11) is 1.14. The average Bonchev–Trinajstić information content (AvgIpc) is 2.29. The summed E-state index contributed by atoms with van der Waals surface area (Å²) in [5.41, 5.74) is 0.328. The van der Waals surface area contributed by atoms with Gasteiger partial charge in [-0.15, -0.1) is 0 Å². The third-order valence-electron chi connectivity index (χ3n) is 2.54. The van der Waals surface area contributed by atoms with Gasteiger partial charge in [0.05, 0.1) is 11.3 Å². The lowest BCUT2D eigenvalue weighted by atomic mass is 10.1. The fourth-order valence-electron chi connectivity index (χ4n) is 1.44. The van der Waals surface area contributed by atoms with Gasteiger partial charge in [0.15, 0.2) is 0 Å². The van der Waals surface area contributed by atoms with Crippen molar-refractivity contribution in [1.29, 1.82) is 0 Å². The summed E-state index contributed by atoms with van der Waals surface area (Å²) >= 11 is 3.07. The van der Waals surface area contributed by atoms with Crippen LogP contribution in [0.5, 0.6) is 0 Å². The van der Waals surface area contributed by atoms with E-state index in [1.807, 2.05) is 0 Å². The topological polar surface area (TPSA) is 63.2 Å². The van der Waals surface area contributed by atoms with Crippen LogP contribution in [0, 0.1) is 6.92 Å². The Balaban J connectivity index is 3.02. The summed E-state index contributed by atoms with van der Waals surface area (Å²) in [6.45, 7) is 0.921. The standard InChI is InChI=1S/C11H10BrClF3NO3S/c1-6-8(10(18)17-3-2-11(14,15)16)4-7(5-9(6)12)21(13,19)20/h4-5H,2-3H2,1H3,(H,17,18). The number of benzene rings is 1. The van der Waals surface area contributed by atoms with Crippen LogP contribution in [-0.2, 0) is 9.05 Å². The van der Waals surface area contributed by atoms with Crippen molar-refractivity contribution >= 4 is 41.6 Å². The molecule has 1 N–H and O–H groups in total. The normalized spacial score (nSPS) is 12.3. The minimum atomic E-state index is -4.38. The van der Waals surface area contributed by atoms with Gasteiger partial charge in [0.1, 0.15) is 0 Å². The minimum absolute atomic E-state index is 0.0641. The molecule has 0 saturated heterocycles. The Labute approximate surface area is 132 Å². The Bertz CT molecular complexity index is 661. The summed E-state index contributed by atoms with van der Waals surface area (Å²) in [4.78, 5) is 11.5. The molecular weight excluding hydrogens is 399 g/mol. The van der Waals surface area contributed by atoms with Crippen molar-refractivity contribution < 1.29 is 26.4 Å². The van der Waals surface area contributed by atoms with Crippen LogP contribution >= 0.6 is 26.6 Å². The largest absolute Gasteiger partial charge is 0.390 e. The minimum Gasteiger partial charge on any atom is -0.352 e. The fourth-order valence-corrected chi connectivity index (χ4v) is 2.84. The summed E-state index contributed by atoms with van der Waals surface area (Å²) < 4.78 is 58.9. The number of hydrogen-bond acceptors (Lipinski definition) is 3. The summed E-state index contributed by atoms with van der Waals surface area (Å²) in [6, 6.07) is 2.23. The maximum atomic E-state index is 12.0. The van der Waals surface area contributed by atoms with E-state index in [-0.39, 0.29) is 10.5 Å². The van der Waals surface area contributed by atoms with E-state index in [1.54, 1.807) is 0 Å². The molecule has 118 valence electrons. The molecule has 0 aliphatic carbocycles. The molecular formula is C11H10BrClF3NO3S. The van der Waals surface area contributed by atoms with Crippen molar-refractivity contribution in [3.05, 3.63) is 27.7 Å². The Kier molecular flexibility index (Phi) is 5.68. The highest BCUT2D eigenvalue weighted by atomic mass is 79.9. The van der Waals surface area contributed by atoms with Gasteiger partial charge < -0.3 is 5.32 Å². The van der Waals surface area contributed by atoms with Gasteiger partial charge in [0.25, 0.3) is 15.0 Å². The highest BCUT2D eigenvalue weighted by molar-refractivity contribution is 9.10. The molecule has 0 saturated carbocycles. The van der Waals surface area contributed by atoms with Crippen LogP contribution in [0.15, 0.2) is 21.5 Å². The summed E-state index contributed by atoms with van der Waals surface area (Å²) in [5, 5.41) is 2.08. The van der Waals surface area contributed by atoms with E-state index < -0.39 is 34.1 Å². The van der Waals surface area contributed by atoms with E-state index in [2.05, 4.69) is 21.2 Å². The van der Waals surface area contributed by atoms with Crippen molar-refractivity contribution in [2.45, 2.75) is 24.4 Å². The van der Waals surface area contributed by atoms with Crippen LogP contribution in [0.2, 0.25) is 0 Å². The second-order valence-electron chi connectivity index (χ2n) is 4.14. The van der Waals surface area contributed by atoms with E-state index in [1.165, 1.54) is 13.0 Å². The van der Waals surface area contributed by atoms with Gasteiger partial charge in [0, 0.05) is 27.3 Å². The first-order chi connectivity index (χ1) is 9.42. The average molecular weight is 409 g/mol. The molecule has 1 aromatic rings. The Morgan fingerprint density at radius 1 is 1.38 bits per heavy atom. The first-order valence-corrected chi connectivity index (χ1v) is 8.62. The van der Waals surface area contributed by atoms with Crippen molar-refractivity contribution in [3.63, 3.8) is 0 Å². The van der Waals surface area contributed by atoms with Crippen LogP contribution in [-0.4, -0.2) is 27.0 Å². The predicted octanol–water partition coefficient (Wildman–Crippen LogP) is 3.37. The quantitative estimate of drug-likeness (QED) is 0.777.